The highest BCUT2D eigenvalue weighted by molar-refractivity contribution is 6.29. The Bertz CT molecular complexity index is 1290. The van der Waals surface area contributed by atoms with E-state index in [1.807, 2.05) is 24.3 Å². The number of aromatic nitrogens is 2. The summed E-state index contributed by atoms with van der Waals surface area (Å²) in [7, 11) is 0. The monoisotopic (exact) mass is 489 g/mol. The number of carbonyl (C=O) groups excluding carboxylic acids is 1. The lowest BCUT2D eigenvalue weighted by Gasteiger charge is -2.42. The van der Waals surface area contributed by atoms with Gasteiger partial charge in [0.15, 0.2) is 5.82 Å². The minimum atomic E-state index is 0.223. The van der Waals surface area contributed by atoms with Gasteiger partial charge in [-0.2, -0.15) is 0 Å². The van der Waals surface area contributed by atoms with Crippen LogP contribution in [0.4, 0.5) is 11.5 Å². The summed E-state index contributed by atoms with van der Waals surface area (Å²) in [5.74, 6) is 1.94. The molecule has 3 heterocycles. The van der Waals surface area contributed by atoms with Crippen molar-refractivity contribution in [1.29, 1.82) is 0 Å². The van der Waals surface area contributed by atoms with Crippen LogP contribution in [-0.2, 0) is 4.79 Å². The molecular formula is C28H32ClN5O. The zero-order valence-corrected chi connectivity index (χ0v) is 21.0. The Balaban J connectivity index is 1.36. The van der Waals surface area contributed by atoms with Gasteiger partial charge in [-0.05, 0) is 61.9 Å². The molecule has 1 saturated heterocycles. The number of amides is 1. The Hall–Kier alpha value is -2.86. The van der Waals surface area contributed by atoms with E-state index in [0.717, 1.165) is 91.7 Å². The van der Waals surface area contributed by atoms with Gasteiger partial charge in [-0.1, -0.05) is 37.1 Å². The molecule has 6 nitrogen and oxygen atoms in total. The summed E-state index contributed by atoms with van der Waals surface area (Å²) >= 11 is 6.15. The van der Waals surface area contributed by atoms with Crippen LogP contribution in [0.3, 0.4) is 0 Å². The Morgan fingerprint density at radius 3 is 2.66 bits per heavy atom. The molecule has 1 amide bonds. The molecule has 2 aliphatic carbocycles. The average Bonchev–Trinajstić information content (AvgIpc) is 3.76. The summed E-state index contributed by atoms with van der Waals surface area (Å²) in [5, 5.41) is 1.55. The second kappa shape index (κ2) is 8.98. The third-order valence-corrected chi connectivity index (χ3v) is 7.84. The number of nitrogen functional groups attached to an aromatic ring is 1. The number of fused-ring (bicyclic) bond motifs is 1. The van der Waals surface area contributed by atoms with Gasteiger partial charge in [-0.3, -0.25) is 4.79 Å². The summed E-state index contributed by atoms with van der Waals surface area (Å²) in [6, 6.07) is 12.3. The number of carbonyl (C=O) groups is 1. The lowest BCUT2D eigenvalue weighted by molar-refractivity contribution is -0.135. The number of nitrogens with zero attached hydrogens (tertiary/aromatic N) is 4. The van der Waals surface area contributed by atoms with Gasteiger partial charge in [-0.15, -0.1) is 0 Å². The number of halogens is 1. The number of nitrogens with two attached hydrogens (primary N) is 1. The summed E-state index contributed by atoms with van der Waals surface area (Å²) in [6.45, 7) is 4.51. The van der Waals surface area contributed by atoms with E-state index in [4.69, 9.17) is 22.3 Å². The number of hydrogen-bond donors (Lipinski definition) is 1. The number of rotatable bonds is 6. The first-order chi connectivity index (χ1) is 17.0. The molecule has 2 aromatic heterocycles. The summed E-state index contributed by atoms with van der Waals surface area (Å²) < 4.78 is 0. The molecule has 3 aromatic rings. The number of hydrogen-bond acceptors (Lipinski definition) is 5. The van der Waals surface area contributed by atoms with Crippen molar-refractivity contribution in [2.45, 2.75) is 57.4 Å². The average molecular weight is 490 g/mol. The van der Waals surface area contributed by atoms with Gasteiger partial charge in [0.2, 0.25) is 5.91 Å². The van der Waals surface area contributed by atoms with Crippen LogP contribution in [0.25, 0.3) is 22.0 Å². The molecule has 0 spiro atoms. The molecule has 0 unspecified atom stereocenters. The normalized spacial score (nSPS) is 20.5. The van der Waals surface area contributed by atoms with Gasteiger partial charge in [-0.25, -0.2) is 9.97 Å². The maximum absolute atomic E-state index is 12.9. The van der Waals surface area contributed by atoms with E-state index in [1.165, 1.54) is 0 Å². The number of anilines is 2. The lowest BCUT2D eigenvalue weighted by Crippen LogP contribution is -2.56. The second-order valence-electron chi connectivity index (χ2n) is 10.3. The van der Waals surface area contributed by atoms with Crippen molar-refractivity contribution in [3.63, 3.8) is 0 Å². The van der Waals surface area contributed by atoms with Crippen LogP contribution in [0.15, 0.2) is 36.4 Å². The maximum Gasteiger partial charge on any atom is 0.226 e. The fourth-order valence-corrected chi connectivity index (χ4v) is 5.67. The molecule has 35 heavy (non-hydrogen) atoms. The van der Waals surface area contributed by atoms with Crippen LogP contribution >= 0.6 is 11.6 Å². The number of pyridine rings is 2. The predicted octanol–water partition coefficient (Wildman–Crippen LogP) is 5.64. The molecule has 0 radical (unpaired) electrons. The molecule has 1 atom stereocenters. The van der Waals surface area contributed by atoms with Crippen molar-refractivity contribution in [2.24, 2.45) is 5.92 Å². The Labute approximate surface area is 211 Å². The Morgan fingerprint density at radius 2 is 1.91 bits per heavy atom. The lowest BCUT2D eigenvalue weighted by atomic mass is 9.96. The van der Waals surface area contributed by atoms with E-state index in [9.17, 15) is 4.79 Å². The molecule has 3 aliphatic rings. The van der Waals surface area contributed by atoms with Crippen LogP contribution in [0.5, 0.6) is 0 Å². The maximum atomic E-state index is 12.9. The van der Waals surface area contributed by atoms with Crippen LogP contribution in [0.2, 0.25) is 5.15 Å². The highest BCUT2D eigenvalue weighted by Gasteiger charge is 2.39. The topological polar surface area (TPSA) is 75.4 Å². The second-order valence-corrected chi connectivity index (χ2v) is 10.7. The summed E-state index contributed by atoms with van der Waals surface area (Å²) in [4.78, 5) is 27.1. The molecule has 182 valence electrons. The van der Waals surface area contributed by atoms with E-state index < -0.39 is 0 Å². The van der Waals surface area contributed by atoms with Crippen molar-refractivity contribution in [1.82, 2.24) is 14.9 Å². The van der Waals surface area contributed by atoms with Gasteiger partial charge in [0.1, 0.15) is 5.15 Å². The largest absolute Gasteiger partial charge is 0.396 e. The van der Waals surface area contributed by atoms with Crippen LogP contribution < -0.4 is 10.6 Å². The van der Waals surface area contributed by atoms with Gasteiger partial charge < -0.3 is 15.5 Å². The molecule has 7 heteroatoms. The first kappa shape index (κ1) is 22.6. The summed E-state index contributed by atoms with van der Waals surface area (Å²) in [6.07, 6.45) is 6.47. The van der Waals surface area contributed by atoms with Crippen LogP contribution in [-0.4, -0.2) is 46.5 Å². The van der Waals surface area contributed by atoms with E-state index in [1.54, 1.807) is 0 Å². The Morgan fingerprint density at radius 1 is 1.09 bits per heavy atom. The minimum Gasteiger partial charge on any atom is -0.396 e. The van der Waals surface area contributed by atoms with E-state index in [0.29, 0.717) is 22.7 Å². The molecule has 1 aliphatic heterocycles. The number of benzene rings is 1. The van der Waals surface area contributed by atoms with Crippen molar-refractivity contribution >= 4 is 39.9 Å². The van der Waals surface area contributed by atoms with Crippen molar-refractivity contribution in [3.05, 3.63) is 47.2 Å². The van der Waals surface area contributed by atoms with Gasteiger partial charge in [0.05, 0.1) is 16.9 Å². The highest BCUT2D eigenvalue weighted by atomic mass is 35.5. The third-order valence-electron chi connectivity index (χ3n) is 7.63. The standard InChI is InChI=1S/C28H32ClN5O/c1-2-4-19-16-33(13-14-34(19)28(35)18-9-10-18)27-23(30)15-22(26(32-27)17-7-8-17)20-5-3-6-24-21(20)11-12-25(29)31-24/h3,5-6,11-12,15,17-19H,2,4,7-10,13-14,16,30H2,1H3/t19-/m1/s1. The zero-order valence-electron chi connectivity index (χ0n) is 20.2. The molecule has 2 N–H and O–H groups in total. The van der Waals surface area contributed by atoms with Crippen LogP contribution in [0.1, 0.15) is 57.1 Å². The van der Waals surface area contributed by atoms with Crippen molar-refractivity contribution in [2.75, 3.05) is 30.3 Å². The quantitative estimate of drug-likeness (QED) is 0.453. The molecule has 2 saturated carbocycles. The Kier molecular flexibility index (Phi) is 5.79. The molecule has 0 bridgehead atoms. The zero-order chi connectivity index (χ0) is 24.1. The van der Waals surface area contributed by atoms with E-state index >= 15 is 0 Å². The smallest absolute Gasteiger partial charge is 0.226 e. The van der Waals surface area contributed by atoms with Gasteiger partial charge >= 0.3 is 0 Å². The number of piperazine rings is 1. The molecule has 1 aromatic carbocycles. The summed E-state index contributed by atoms with van der Waals surface area (Å²) in [5.41, 5.74) is 11.6. The van der Waals surface area contributed by atoms with Gasteiger partial charge in [0, 0.05) is 48.5 Å². The fraction of sp³-hybridized carbons (Fsp3) is 0.464. The highest BCUT2D eigenvalue weighted by Crippen LogP contribution is 2.46. The van der Waals surface area contributed by atoms with E-state index in [-0.39, 0.29) is 12.0 Å². The molecule has 3 fully saturated rings. The molecule has 6 rings (SSSR count). The molecular weight excluding hydrogens is 458 g/mol. The fourth-order valence-electron chi connectivity index (χ4n) is 5.52. The SMILES string of the molecule is CCC[C@@H]1CN(c2nc(C3CC3)c(-c3cccc4nc(Cl)ccc34)cc2N)CCN1C(=O)C1CC1. The predicted molar refractivity (Wildman–Crippen MR) is 142 cm³/mol. The van der Waals surface area contributed by atoms with Crippen molar-refractivity contribution < 1.29 is 4.79 Å². The van der Waals surface area contributed by atoms with Crippen molar-refractivity contribution in [3.8, 4) is 11.1 Å². The first-order valence-electron chi connectivity index (χ1n) is 12.9. The first-order valence-corrected chi connectivity index (χ1v) is 13.3. The van der Waals surface area contributed by atoms with Crippen LogP contribution in [0, 0.1) is 5.92 Å². The minimum absolute atomic E-state index is 0.223. The third kappa shape index (κ3) is 4.33. The van der Waals surface area contributed by atoms with E-state index in [2.05, 4.69) is 33.8 Å². The van der Waals surface area contributed by atoms with Gasteiger partial charge in [0.25, 0.3) is 0 Å².